The average molecular weight is 252 g/mol. The average Bonchev–Trinajstić information content (AvgIpc) is 2.38. The van der Waals surface area contributed by atoms with E-state index in [1.54, 1.807) is 12.1 Å². The monoisotopic (exact) mass is 251 g/mol. The smallest absolute Gasteiger partial charge is 0.270 e. The molecule has 0 N–H and O–H groups in total. The Morgan fingerprint density at radius 2 is 2.18 bits per heavy atom. The van der Waals surface area contributed by atoms with Crippen LogP contribution in [0.2, 0.25) is 5.02 Å². The number of amides is 1. The Morgan fingerprint density at radius 3 is 2.88 bits per heavy atom. The molecule has 1 amide bonds. The summed E-state index contributed by atoms with van der Waals surface area (Å²) >= 11 is 5.99. The first-order valence-electron chi connectivity index (χ1n) is 5.64. The highest BCUT2D eigenvalue weighted by molar-refractivity contribution is 6.32. The summed E-state index contributed by atoms with van der Waals surface area (Å²) in [7, 11) is 0. The number of carbonyl (C=O) groups excluding carboxylic acids is 1. The second kappa shape index (κ2) is 5.84. The van der Waals surface area contributed by atoms with Crippen LogP contribution in [0.4, 0.5) is 0 Å². The molecule has 2 rings (SSSR count). The molecule has 1 heterocycles. The summed E-state index contributed by atoms with van der Waals surface area (Å²) in [4.78, 5) is 17.0. The largest absolute Gasteiger partial charge is 0.271 e. The topological polar surface area (TPSA) is 29.5 Å². The van der Waals surface area contributed by atoms with Crippen molar-refractivity contribution < 1.29 is 9.63 Å². The molecule has 0 unspecified atom stereocenters. The number of benzene rings is 1. The number of rotatable bonds is 2. The van der Waals surface area contributed by atoms with E-state index >= 15 is 0 Å². The Labute approximate surface area is 106 Å². The van der Waals surface area contributed by atoms with Gasteiger partial charge >= 0.3 is 0 Å². The predicted octanol–water partition coefficient (Wildman–Crippen LogP) is 2.91. The van der Waals surface area contributed by atoms with Gasteiger partial charge < -0.3 is 0 Å². The van der Waals surface area contributed by atoms with Gasteiger partial charge in [0.05, 0.1) is 6.61 Å². The molecule has 0 bridgehead atoms. The molecule has 1 fully saturated rings. The van der Waals surface area contributed by atoms with E-state index in [2.05, 4.69) is 0 Å². The van der Waals surface area contributed by atoms with E-state index in [1.807, 2.05) is 18.2 Å². The molecule has 4 heteroatoms. The Kier molecular flexibility index (Phi) is 4.18. The minimum atomic E-state index is -0.135. The first kappa shape index (κ1) is 12.1. The standard InChI is InChI=1S/C13H14ClNO2/c14-12-6-2-1-5-11(12)7-8-13(16)15-9-3-4-10-17-15/h1-2,5-8H,3-4,9-10H2/b8-7+. The zero-order valence-electron chi connectivity index (χ0n) is 9.43. The summed E-state index contributed by atoms with van der Waals surface area (Å²) < 4.78 is 0. The molecule has 1 aromatic rings. The van der Waals surface area contributed by atoms with E-state index < -0.39 is 0 Å². The number of carbonyl (C=O) groups is 1. The van der Waals surface area contributed by atoms with Crippen LogP contribution >= 0.6 is 11.6 Å². The van der Waals surface area contributed by atoms with Gasteiger partial charge in [-0.05, 0) is 30.5 Å². The van der Waals surface area contributed by atoms with E-state index in [-0.39, 0.29) is 5.91 Å². The van der Waals surface area contributed by atoms with E-state index in [1.165, 1.54) is 11.1 Å². The number of nitrogens with zero attached hydrogens (tertiary/aromatic N) is 1. The molecule has 1 aromatic carbocycles. The van der Waals surface area contributed by atoms with Crippen molar-refractivity contribution >= 4 is 23.6 Å². The van der Waals surface area contributed by atoms with Gasteiger partial charge in [0, 0.05) is 17.6 Å². The lowest BCUT2D eigenvalue weighted by Crippen LogP contribution is -2.34. The molecule has 1 saturated heterocycles. The summed E-state index contributed by atoms with van der Waals surface area (Å²) in [6.45, 7) is 1.28. The molecular formula is C13H14ClNO2. The zero-order valence-corrected chi connectivity index (χ0v) is 10.2. The molecule has 1 aliphatic heterocycles. The molecule has 0 spiro atoms. The molecule has 0 saturated carbocycles. The van der Waals surface area contributed by atoms with E-state index in [0.29, 0.717) is 18.2 Å². The fourth-order valence-corrected chi connectivity index (χ4v) is 1.82. The van der Waals surface area contributed by atoms with E-state index in [9.17, 15) is 4.79 Å². The Balaban J connectivity index is 2.00. The maximum absolute atomic E-state index is 11.8. The highest BCUT2D eigenvalue weighted by Crippen LogP contribution is 2.16. The van der Waals surface area contributed by atoms with Crippen molar-refractivity contribution in [3.8, 4) is 0 Å². The van der Waals surface area contributed by atoms with Crippen molar-refractivity contribution in [1.29, 1.82) is 0 Å². The highest BCUT2D eigenvalue weighted by Gasteiger charge is 2.14. The molecule has 0 aromatic heterocycles. The van der Waals surface area contributed by atoms with Gasteiger partial charge in [0.1, 0.15) is 0 Å². The van der Waals surface area contributed by atoms with Crippen LogP contribution in [0.1, 0.15) is 18.4 Å². The lowest BCUT2D eigenvalue weighted by atomic mass is 10.2. The SMILES string of the molecule is O=C(/C=C/c1ccccc1Cl)N1CCCCO1. The summed E-state index contributed by atoms with van der Waals surface area (Å²) in [5.74, 6) is -0.135. The highest BCUT2D eigenvalue weighted by atomic mass is 35.5. The van der Waals surface area contributed by atoms with Gasteiger partial charge in [0.25, 0.3) is 5.91 Å². The summed E-state index contributed by atoms with van der Waals surface area (Å²) in [5.41, 5.74) is 0.833. The number of hydrogen-bond acceptors (Lipinski definition) is 2. The Hall–Kier alpha value is -1.32. The normalized spacial score (nSPS) is 16.4. The maximum atomic E-state index is 11.8. The van der Waals surface area contributed by atoms with Gasteiger partial charge in [-0.1, -0.05) is 29.8 Å². The first-order chi connectivity index (χ1) is 8.27. The van der Waals surface area contributed by atoms with Gasteiger partial charge in [0.2, 0.25) is 0 Å². The third-order valence-electron chi connectivity index (χ3n) is 2.56. The molecule has 0 atom stereocenters. The molecule has 1 aliphatic rings. The zero-order chi connectivity index (χ0) is 12.1. The second-order valence-corrected chi connectivity index (χ2v) is 4.24. The number of hydroxylamine groups is 2. The van der Waals surface area contributed by atoms with Crippen molar-refractivity contribution in [3.05, 3.63) is 40.9 Å². The van der Waals surface area contributed by atoms with Gasteiger partial charge in [0.15, 0.2) is 0 Å². The summed E-state index contributed by atoms with van der Waals surface area (Å²) in [6, 6.07) is 7.40. The Morgan fingerprint density at radius 1 is 1.35 bits per heavy atom. The molecule has 3 nitrogen and oxygen atoms in total. The first-order valence-corrected chi connectivity index (χ1v) is 6.02. The fourth-order valence-electron chi connectivity index (χ4n) is 1.63. The number of halogens is 1. The molecule has 0 aliphatic carbocycles. The van der Waals surface area contributed by atoms with Crippen LogP contribution in [0.15, 0.2) is 30.3 Å². The van der Waals surface area contributed by atoms with Gasteiger partial charge in [-0.15, -0.1) is 0 Å². The van der Waals surface area contributed by atoms with Crippen LogP contribution in [-0.2, 0) is 9.63 Å². The van der Waals surface area contributed by atoms with Gasteiger partial charge in [-0.3, -0.25) is 9.63 Å². The van der Waals surface area contributed by atoms with Crippen molar-refractivity contribution in [2.75, 3.05) is 13.2 Å². The molecule has 17 heavy (non-hydrogen) atoms. The van der Waals surface area contributed by atoms with Gasteiger partial charge in [-0.2, -0.15) is 0 Å². The minimum absolute atomic E-state index is 0.135. The summed E-state index contributed by atoms with van der Waals surface area (Å²) in [6.07, 6.45) is 5.21. The lowest BCUT2D eigenvalue weighted by Gasteiger charge is -2.24. The van der Waals surface area contributed by atoms with E-state index in [0.717, 1.165) is 18.4 Å². The third-order valence-corrected chi connectivity index (χ3v) is 2.90. The van der Waals surface area contributed by atoms with Crippen molar-refractivity contribution in [3.63, 3.8) is 0 Å². The predicted molar refractivity (Wildman–Crippen MR) is 67.4 cm³/mol. The van der Waals surface area contributed by atoms with Crippen LogP contribution in [-0.4, -0.2) is 24.1 Å². The van der Waals surface area contributed by atoms with Crippen molar-refractivity contribution in [2.24, 2.45) is 0 Å². The summed E-state index contributed by atoms with van der Waals surface area (Å²) in [5, 5.41) is 2.03. The van der Waals surface area contributed by atoms with E-state index in [4.69, 9.17) is 16.4 Å². The fraction of sp³-hybridized carbons (Fsp3) is 0.308. The second-order valence-electron chi connectivity index (χ2n) is 3.84. The quantitative estimate of drug-likeness (QED) is 0.757. The Bertz CT molecular complexity index is 425. The number of hydrogen-bond donors (Lipinski definition) is 0. The van der Waals surface area contributed by atoms with Crippen molar-refractivity contribution in [1.82, 2.24) is 5.06 Å². The van der Waals surface area contributed by atoms with Gasteiger partial charge in [-0.25, -0.2) is 5.06 Å². The lowest BCUT2D eigenvalue weighted by molar-refractivity contribution is -0.191. The molecular weight excluding hydrogens is 238 g/mol. The molecule has 0 radical (unpaired) electrons. The van der Waals surface area contributed by atoms with Crippen LogP contribution in [0.5, 0.6) is 0 Å². The minimum Gasteiger partial charge on any atom is -0.271 e. The maximum Gasteiger partial charge on any atom is 0.270 e. The van der Waals surface area contributed by atoms with Crippen LogP contribution in [0.3, 0.4) is 0 Å². The third kappa shape index (κ3) is 3.32. The van der Waals surface area contributed by atoms with Crippen LogP contribution in [0, 0.1) is 0 Å². The van der Waals surface area contributed by atoms with Crippen LogP contribution in [0.25, 0.3) is 6.08 Å². The van der Waals surface area contributed by atoms with Crippen molar-refractivity contribution in [2.45, 2.75) is 12.8 Å². The van der Waals surface area contributed by atoms with Crippen LogP contribution < -0.4 is 0 Å². The molecule has 90 valence electrons.